The van der Waals surface area contributed by atoms with Crippen molar-refractivity contribution < 1.29 is 4.79 Å². The Morgan fingerprint density at radius 3 is 3.18 bits per heavy atom. The number of thioether (sulfide) groups is 1. The predicted octanol–water partition coefficient (Wildman–Crippen LogP) is 1.63. The van der Waals surface area contributed by atoms with Crippen molar-refractivity contribution in [1.29, 1.82) is 0 Å². The monoisotopic (exact) mass is 256 g/mol. The van der Waals surface area contributed by atoms with Gasteiger partial charge in [-0.05, 0) is 31.6 Å². The number of amides is 1. The van der Waals surface area contributed by atoms with E-state index in [2.05, 4.69) is 23.8 Å². The van der Waals surface area contributed by atoms with Gasteiger partial charge in [0.15, 0.2) is 0 Å². The molecule has 2 N–H and O–H groups in total. The van der Waals surface area contributed by atoms with E-state index in [-0.39, 0.29) is 5.41 Å². The summed E-state index contributed by atoms with van der Waals surface area (Å²) in [6, 6.07) is 0. The molecule has 3 atom stereocenters. The van der Waals surface area contributed by atoms with E-state index in [0.717, 1.165) is 26.1 Å². The van der Waals surface area contributed by atoms with Crippen molar-refractivity contribution in [3.8, 4) is 0 Å². The molecule has 1 amide bonds. The smallest absolute Gasteiger partial charge is 0.227 e. The van der Waals surface area contributed by atoms with E-state index in [9.17, 15) is 4.79 Å². The molecule has 2 fully saturated rings. The van der Waals surface area contributed by atoms with E-state index in [1.165, 1.54) is 19.3 Å². The van der Waals surface area contributed by atoms with Crippen molar-refractivity contribution in [3.63, 3.8) is 0 Å². The molecular weight excluding hydrogens is 232 g/mol. The molecule has 1 saturated heterocycles. The first-order chi connectivity index (χ1) is 8.19. The molecule has 1 aliphatic carbocycles. The fourth-order valence-electron chi connectivity index (χ4n) is 3.19. The van der Waals surface area contributed by atoms with E-state index < -0.39 is 0 Å². The second-order valence-corrected chi connectivity index (χ2v) is 6.76. The average molecular weight is 256 g/mol. The van der Waals surface area contributed by atoms with Crippen LogP contribution in [0.4, 0.5) is 0 Å². The maximum atomic E-state index is 12.5. The second-order valence-electron chi connectivity index (χ2n) is 5.49. The van der Waals surface area contributed by atoms with Gasteiger partial charge in [0.2, 0.25) is 5.91 Å². The van der Waals surface area contributed by atoms with Gasteiger partial charge in [-0.15, -0.1) is 0 Å². The van der Waals surface area contributed by atoms with Gasteiger partial charge in [-0.1, -0.05) is 19.8 Å². The molecule has 0 radical (unpaired) electrons. The zero-order valence-electron chi connectivity index (χ0n) is 10.9. The maximum Gasteiger partial charge on any atom is 0.227 e. The molecule has 0 spiro atoms. The van der Waals surface area contributed by atoms with Gasteiger partial charge >= 0.3 is 0 Å². The topological polar surface area (TPSA) is 41.1 Å². The normalized spacial score (nSPS) is 34.1. The summed E-state index contributed by atoms with van der Waals surface area (Å²) in [6.45, 7) is 4.88. The van der Waals surface area contributed by atoms with E-state index in [0.29, 0.717) is 17.1 Å². The summed E-state index contributed by atoms with van der Waals surface area (Å²) in [5, 5.41) is 7.09. The quantitative estimate of drug-likeness (QED) is 0.803. The average Bonchev–Trinajstić information content (AvgIpc) is 2.80. The minimum absolute atomic E-state index is 0.0869. The summed E-state index contributed by atoms with van der Waals surface area (Å²) in [7, 11) is 0. The lowest BCUT2D eigenvalue weighted by atomic mass is 9.67. The summed E-state index contributed by atoms with van der Waals surface area (Å²) in [5.41, 5.74) is -0.0869. The molecule has 1 unspecified atom stereocenters. The predicted molar refractivity (Wildman–Crippen MR) is 73.2 cm³/mol. The van der Waals surface area contributed by atoms with Gasteiger partial charge in [-0.2, -0.15) is 11.8 Å². The highest BCUT2D eigenvalue weighted by Crippen LogP contribution is 2.43. The number of hydrogen-bond acceptors (Lipinski definition) is 3. The Hall–Kier alpha value is -0.220. The third kappa shape index (κ3) is 2.63. The second kappa shape index (κ2) is 5.61. The van der Waals surface area contributed by atoms with Crippen molar-refractivity contribution in [1.82, 2.24) is 10.6 Å². The fraction of sp³-hybridized carbons (Fsp3) is 0.923. The van der Waals surface area contributed by atoms with Crippen molar-refractivity contribution in [2.75, 3.05) is 25.9 Å². The first-order valence-corrected chi connectivity index (χ1v) is 7.99. The Labute approximate surface area is 108 Å². The number of hydrogen-bond donors (Lipinski definition) is 2. The molecule has 0 aromatic heterocycles. The zero-order chi connectivity index (χ0) is 12.3. The largest absolute Gasteiger partial charge is 0.354 e. The summed E-state index contributed by atoms with van der Waals surface area (Å²) in [6.07, 6.45) is 6.89. The van der Waals surface area contributed by atoms with E-state index in [1.807, 2.05) is 0 Å². The third-order valence-electron chi connectivity index (χ3n) is 4.44. The number of carbonyl (C=O) groups excluding carboxylic acids is 1. The summed E-state index contributed by atoms with van der Waals surface area (Å²) in [4.78, 5) is 12.5. The van der Waals surface area contributed by atoms with Gasteiger partial charge in [0, 0.05) is 18.3 Å². The molecular formula is C13H24N2OS. The van der Waals surface area contributed by atoms with Crippen LogP contribution in [0, 0.1) is 11.3 Å². The van der Waals surface area contributed by atoms with Gasteiger partial charge in [-0.25, -0.2) is 0 Å². The van der Waals surface area contributed by atoms with Crippen molar-refractivity contribution in [3.05, 3.63) is 0 Å². The molecule has 2 aliphatic rings. The Balaban J connectivity index is 1.96. The molecule has 2 rings (SSSR count). The van der Waals surface area contributed by atoms with Crippen LogP contribution < -0.4 is 10.6 Å². The summed E-state index contributed by atoms with van der Waals surface area (Å²) < 4.78 is 0. The third-order valence-corrected chi connectivity index (χ3v) is 5.41. The lowest BCUT2D eigenvalue weighted by Crippen LogP contribution is -2.48. The van der Waals surface area contributed by atoms with Gasteiger partial charge < -0.3 is 10.6 Å². The molecule has 98 valence electrons. The molecule has 0 bridgehead atoms. The Bertz CT molecular complexity index is 285. The van der Waals surface area contributed by atoms with Crippen LogP contribution in [-0.2, 0) is 4.79 Å². The zero-order valence-corrected chi connectivity index (χ0v) is 11.7. The first-order valence-electron chi connectivity index (χ1n) is 6.71. The van der Waals surface area contributed by atoms with Crippen LogP contribution in [0.1, 0.15) is 32.6 Å². The Morgan fingerprint density at radius 2 is 2.41 bits per heavy atom. The van der Waals surface area contributed by atoms with Crippen LogP contribution in [0.3, 0.4) is 0 Å². The van der Waals surface area contributed by atoms with Gasteiger partial charge in [0.25, 0.3) is 0 Å². The minimum Gasteiger partial charge on any atom is -0.354 e. The lowest BCUT2D eigenvalue weighted by Gasteiger charge is -2.37. The Kier molecular flexibility index (Phi) is 4.36. The van der Waals surface area contributed by atoms with E-state index in [1.54, 1.807) is 11.8 Å². The molecule has 1 saturated carbocycles. The standard InChI is InChI=1S/C13H24N2OS/c1-10(17-2)7-15-12(16)13-6-4-3-5-11(13)8-14-9-13/h10-11,14H,3-9H2,1-2H3,(H,15,16)/t10?,11-,13+/m0/s1. The SMILES string of the molecule is CSC(C)CNC(=O)[C@@]12CCCC[C@H]1CNC2. The maximum absolute atomic E-state index is 12.5. The lowest BCUT2D eigenvalue weighted by molar-refractivity contribution is -0.133. The summed E-state index contributed by atoms with van der Waals surface area (Å²) >= 11 is 1.81. The minimum atomic E-state index is -0.0869. The number of nitrogens with one attached hydrogen (secondary N) is 2. The Morgan fingerprint density at radius 1 is 1.59 bits per heavy atom. The van der Waals surface area contributed by atoms with Crippen LogP contribution in [0.2, 0.25) is 0 Å². The number of rotatable bonds is 4. The van der Waals surface area contributed by atoms with E-state index in [4.69, 9.17) is 0 Å². The van der Waals surface area contributed by atoms with E-state index >= 15 is 0 Å². The van der Waals surface area contributed by atoms with Crippen LogP contribution in [0.25, 0.3) is 0 Å². The molecule has 1 heterocycles. The molecule has 17 heavy (non-hydrogen) atoms. The molecule has 1 aliphatic heterocycles. The molecule has 0 aromatic rings. The van der Waals surface area contributed by atoms with Crippen molar-refractivity contribution in [2.24, 2.45) is 11.3 Å². The van der Waals surface area contributed by atoms with Crippen LogP contribution >= 0.6 is 11.8 Å². The first kappa shape index (κ1) is 13.2. The molecule has 0 aromatic carbocycles. The number of carbonyl (C=O) groups is 1. The molecule has 3 nitrogen and oxygen atoms in total. The van der Waals surface area contributed by atoms with Gasteiger partial charge in [0.05, 0.1) is 5.41 Å². The van der Waals surface area contributed by atoms with Crippen LogP contribution in [0.15, 0.2) is 0 Å². The summed E-state index contributed by atoms with van der Waals surface area (Å²) in [5.74, 6) is 0.869. The van der Waals surface area contributed by atoms with Crippen LogP contribution in [-0.4, -0.2) is 37.0 Å². The highest BCUT2D eigenvalue weighted by Gasteiger charge is 2.49. The van der Waals surface area contributed by atoms with Gasteiger partial charge in [0.1, 0.15) is 0 Å². The van der Waals surface area contributed by atoms with Crippen molar-refractivity contribution in [2.45, 2.75) is 37.9 Å². The van der Waals surface area contributed by atoms with Crippen LogP contribution in [0.5, 0.6) is 0 Å². The fourth-order valence-corrected chi connectivity index (χ4v) is 3.44. The van der Waals surface area contributed by atoms with Crippen molar-refractivity contribution >= 4 is 17.7 Å². The van der Waals surface area contributed by atoms with Gasteiger partial charge in [-0.3, -0.25) is 4.79 Å². The highest BCUT2D eigenvalue weighted by atomic mass is 32.2. The highest BCUT2D eigenvalue weighted by molar-refractivity contribution is 7.99. The number of fused-ring (bicyclic) bond motifs is 1. The molecule has 4 heteroatoms.